The molecule has 0 radical (unpaired) electrons. The molecule has 0 saturated heterocycles. The van der Waals surface area contributed by atoms with Gasteiger partial charge in [-0.05, 0) is 67.3 Å². The van der Waals surface area contributed by atoms with E-state index in [9.17, 15) is 9.59 Å². The summed E-state index contributed by atoms with van der Waals surface area (Å²) in [5.41, 5.74) is 1.27. The van der Waals surface area contributed by atoms with Gasteiger partial charge in [-0.1, -0.05) is 30.7 Å². The van der Waals surface area contributed by atoms with Gasteiger partial charge in [-0.15, -0.1) is 6.58 Å². The molecule has 0 unspecified atom stereocenters. The van der Waals surface area contributed by atoms with Gasteiger partial charge in [0, 0.05) is 18.8 Å². The van der Waals surface area contributed by atoms with Crippen molar-refractivity contribution in [3.8, 4) is 0 Å². The number of carbonyl (C=O) groups excluding carboxylic acids is 2. The van der Waals surface area contributed by atoms with Crippen molar-refractivity contribution in [1.29, 1.82) is 0 Å². The molecule has 4 aliphatic rings. The number of hydrogen-bond acceptors (Lipinski definition) is 3. The summed E-state index contributed by atoms with van der Waals surface area (Å²) in [6.07, 6.45) is 14.7. The molecule has 0 aromatic heterocycles. The van der Waals surface area contributed by atoms with Gasteiger partial charge in [-0.2, -0.15) is 0 Å². The Hall–Kier alpha value is -1.64. The lowest BCUT2D eigenvalue weighted by Gasteiger charge is -2.56. The fourth-order valence-electron chi connectivity index (χ4n) is 6.81. The molecule has 3 nitrogen and oxygen atoms in total. The van der Waals surface area contributed by atoms with Crippen LogP contribution >= 0.6 is 0 Å². The molecule has 0 aromatic carbocycles. The minimum atomic E-state index is -0.268. The van der Waals surface area contributed by atoms with Crippen LogP contribution in [0.25, 0.3) is 0 Å². The molecule has 6 atom stereocenters. The van der Waals surface area contributed by atoms with Crippen LogP contribution < -0.4 is 0 Å². The minimum Gasteiger partial charge on any atom is -0.465 e. The summed E-state index contributed by atoms with van der Waals surface area (Å²) in [5, 5.41) is 0. The van der Waals surface area contributed by atoms with Crippen LogP contribution in [0, 0.1) is 34.5 Å². The Kier molecular flexibility index (Phi) is 4.24. The van der Waals surface area contributed by atoms with Crippen LogP contribution in [-0.2, 0) is 14.3 Å². The molecule has 0 bridgehead atoms. The Balaban J connectivity index is 1.72. The van der Waals surface area contributed by atoms with Crippen molar-refractivity contribution in [3.05, 3.63) is 36.5 Å². The molecule has 140 valence electrons. The smallest absolute Gasteiger partial charge is 0.302 e. The summed E-state index contributed by atoms with van der Waals surface area (Å²) >= 11 is 0. The van der Waals surface area contributed by atoms with Crippen LogP contribution in [0.4, 0.5) is 0 Å². The average Bonchev–Trinajstić information content (AvgIpc) is 2.96. The van der Waals surface area contributed by atoms with Gasteiger partial charge in [0.2, 0.25) is 0 Å². The molecule has 0 aromatic rings. The molecular formula is C23H30O3. The lowest BCUT2D eigenvalue weighted by atomic mass is 9.48. The summed E-state index contributed by atoms with van der Waals surface area (Å²) < 4.78 is 5.55. The molecule has 4 rings (SSSR count). The second-order valence-corrected chi connectivity index (χ2v) is 9.10. The lowest BCUT2D eigenvalue weighted by molar-refractivity contribution is -0.146. The van der Waals surface area contributed by atoms with E-state index in [-0.39, 0.29) is 17.2 Å². The highest BCUT2D eigenvalue weighted by atomic mass is 16.5. The maximum absolute atomic E-state index is 12.0. The van der Waals surface area contributed by atoms with Crippen LogP contribution in [0.2, 0.25) is 0 Å². The quantitative estimate of drug-likeness (QED) is 0.548. The van der Waals surface area contributed by atoms with Gasteiger partial charge in [-0.25, -0.2) is 0 Å². The molecule has 0 heterocycles. The summed E-state index contributed by atoms with van der Waals surface area (Å²) in [7, 11) is 0. The normalized spacial score (nSPS) is 43.8. The van der Waals surface area contributed by atoms with Crippen molar-refractivity contribution < 1.29 is 14.3 Å². The standard InChI is InChI=1S/C23H30O3/c1-4-16-6-8-20-19-7-5-17-13-18(25)9-12-23(17,14-26-15(2)24)21(19)10-11-22(16,20)3/h4-5,9,12,16,19-21H,1,6-8,10-11,13-14H2,2-3H3/t16-,19-,20-,21-,22+,23+/m0/s1. The Morgan fingerprint density at radius 3 is 2.88 bits per heavy atom. The number of ketones is 1. The third-order valence-electron chi connectivity index (χ3n) is 8.14. The van der Waals surface area contributed by atoms with E-state index in [2.05, 4.69) is 31.7 Å². The van der Waals surface area contributed by atoms with Crippen LogP contribution in [-0.4, -0.2) is 18.4 Å². The third kappa shape index (κ3) is 2.46. The first kappa shape index (κ1) is 17.8. The monoisotopic (exact) mass is 354 g/mol. The molecule has 0 amide bonds. The van der Waals surface area contributed by atoms with Crippen molar-refractivity contribution in [1.82, 2.24) is 0 Å². The van der Waals surface area contributed by atoms with E-state index in [0.29, 0.717) is 42.1 Å². The molecule has 0 N–H and O–H groups in total. The highest BCUT2D eigenvalue weighted by Crippen LogP contribution is 2.65. The van der Waals surface area contributed by atoms with E-state index < -0.39 is 0 Å². The van der Waals surface area contributed by atoms with E-state index in [1.807, 2.05) is 0 Å². The summed E-state index contributed by atoms with van der Waals surface area (Å²) in [5.74, 6) is 2.32. The molecule has 3 heteroatoms. The minimum absolute atomic E-state index is 0.168. The highest BCUT2D eigenvalue weighted by Gasteiger charge is 2.58. The Morgan fingerprint density at radius 2 is 2.15 bits per heavy atom. The predicted molar refractivity (Wildman–Crippen MR) is 101 cm³/mol. The van der Waals surface area contributed by atoms with Gasteiger partial charge in [0.1, 0.15) is 6.61 Å². The van der Waals surface area contributed by atoms with Crippen molar-refractivity contribution in [2.24, 2.45) is 34.5 Å². The number of hydrogen-bond donors (Lipinski definition) is 0. The zero-order chi connectivity index (χ0) is 18.5. The van der Waals surface area contributed by atoms with Gasteiger partial charge >= 0.3 is 5.97 Å². The second kappa shape index (κ2) is 6.21. The van der Waals surface area contributed by atoms with Crippen LogP contribution in [0.5, 0.6) is 0 Å². The molecule has 4 aliphatic carbocycles. The van der Waals surface area contributed by atoms with Crippen LogP contribution in [0.15, 0.2) is 36.5 Å². The Labute approximate surface area is 156 Å². The zero-order valence-corrected chi connectivity index (χ0v) is 16.0. The largest absolute Gasteiger partial charge is 0.465 e. The van der Waals surface area contributed by atoms with E-state index in [1.54, 1.807) is 6.08 Å². The van der Waals surface area contributed by atoms with Gasteiger partial charge in [0.05, 0.1) is 0 Å². The number of esters is 1. The number of allylic oxidation sites excluding steroid dienone is 3. The third-order valence-corrected chi connectivity index (χ3v) is 8.14. The molecular weight excluding hydrogens is 324 g/mol. The van der Waals surface area contributed by atoms with Gasteiger partial charge in [0.25, 0.3) is 0 Å². The van der Waals surface area contributed by atoms with Crippen molar-refractivity contribution in [3.63, 3.8) is 0 Å². The summed E-state index contributed by atoms with van der Waals surface area (Å²) in [4.78, 5) is 23.6. The maximum atomic E-state index is 12.0. The lowest BCUT2D eigenvalue weighted by Crippen LogP contribution is -2.51. The predicted octanol–water partition coefficient (Wildman–Crippen LogP) is 4.64. The second-order valence-electron chi connectivity index (χ2n) is 9.10. The molecule has 0 aliphatic heterocycles. The topological polar surface area (TPSA) is 43.4 Å². The number of rotatable bonds is 3. The summed E-state index contributed by atoms with van der Waals surface area (Å²) in [6, 6.07) is 0. The number of fused-ring (bicyclic) bond motifs is 5. The van der Waals surface area contributed by atoms with Gasteiger partial charge in [0.15, 0.2) is 5.78 Å². The van der Waals surface area contributed by atoms with Crippen LogP contribution in [0.3, 0.4) is 0 Å². The van der Waals surface area contributed by atoms with Crippen molar-refractivity contribution in [2.45, 2.75) is 52.4 Å². The average molecular weight is 354 g/mol. The fourth-order valence-corrected chi connectivity index (χ4v) is 6.81. The van der Waals surface area contributed by atoms with Crippen molar-refractivity contribution >= 4 is 11.8 Å². The summed E-state index contributed by atoms with van der Waals surface area (Å²) in [6.45, 7) is 8.42. The highest BCUT2D eigenvalue weighted by molar-refractivity contribution is 5.93. The fraction of sp³-hybridized carbons (Fsp3) is 0.652. The van der Waals surface area contributed by atoms with E-state index in [4.69, 9.17) is 4.74 Å². The van der Waals surface area contributed by atoms with Crippen LogP contribution in [0.1, 0.15) is 52.4 Å². The van der Waals surface area contributed by atoms with Crippen molar-refractivity contribution in [2.75, 3.05) is 6.61 Å². The Morgan fingerprint density at radius 1 is 1.35 bits per heavy atom. The van der Waals surface area contributed by atoms with Gasteiger partial charge < -0.3 is 4.74 Å². The SMILES string of the molecule is C=C[C@H]1CC[C@H]2[C@@H]3CC=C4CC(=O)C=C[C@]4(COC(C)=O)[C@H]3CC[C@]12C. The maximum Gasteiger partial charge on any atom is 0.302 e. The first-order valence-electron chi connectivity index (χ1n) is 10.1. The molecule has 26 heavy (non-hydrogen) atoms. The first-order chi connectivity index (χ1) is 12.4. The van der Waals surface area contributed by atoms with E-state index in [0.717, 1.165) is 12.8 Å². The number of ether oxygens (including phenoxy) is 1. The zero-order valence-electron chi connectivity index (χ0n) is 16.0. The first-order valence-corrected chi connectivity index (χ1v) is 10.1. The number of carbonyl (C=O) groups is 2. The van der Waals surface area contributed by atoms with E-state index >= 15 is 0 Å². The van der Waals surface area contributed by atoms with E-state index in [1.165, 1.54) is 31.8 Å². The molecule has 0 spiro atoms. The van der Waals surface area contributed by atoms with Gasteiger partial charge in [-0.3, -0.25) is 9.59 Å². The molecule has 2 fully saturated rings. The Bertz CT molecular complexity index is 702. The molecule has 2 saturated carbocycles.